The van der Waals surface area contributed by atoms with E-state index in [1.165, 1.54) is 11.3 Å². The van der Waals surface area contributed by atoms with Crippen molar-refractivity contribution in [2.24, 2.45) is 0 Å². The largest absolute Gasteiger partial charge is 0.298 e. The Hall–Kier alpha value is -3.39. The highest BCUT2D eigenvalue weighted by atomic mass is 32.1. The Bertz CT molecular complexity index is 999. The molecule has 0 unspecified atom stereocenters. The fraction of sp³-hybridized carbons (Fsp3) is 0.105. The van der Waals surface area contributed by atoms with Crippen LogP contribution in [0.3, 0.4) is 0 Å². The van der Waals surface area contributed by atoms with Gasteiger partial charge in [0.15, 0.2) is 5.13 Å². The number of aromatic nitrogens is 2. The number of hydrogen-bond acceptors (Lipinski definition) is 6. The van der Waals surface area contributed by atoms with Gasteiger partial charge in [-0.05, 0) is 36.4 Å². The number of carbonyl (C=O) groups excluding carboxylic acids is 3. The molecule has 3 aromatic rings. The maximum atomic E-state index is 12.4. The third-order valence-electron chi connectivity index (χ3n) is 4.14. The van der Waals surface area contributed by atoms with Crippen molar-refractivity contribution in [3.63, 3.8) is 0 Å². The molecule has 1 aliphatic rings. The van der Waals surface area contributed by atoms with Gasteiger partial charge in [-0.15, -0.1) is 11.3 Å². The van der Waals surface area contributed by atoms with Crippen LogP contribution < -0.4 is 10.2 Å². The van der Waals surface area contributed by atoms with Crippen molar-refractivity contribution in [1.82, 2.24) is 9.97 Å². The Morgan fingerprint density at radius 2 is 1.67 bits per heavy atom. The minimum atomic E-state index is -0.309. The summed E-state index contributed by atoms with van der Waals surface area (Å²) in [4.78, 5) is 45.5. The topological polar surface area (TPSA) is 92.3 Å². The first kappa shape index (κ1) is 17.0. The van der Waals surface area contributed by atoms with Crippen LogP contribution >= 0.6 is 11.3 Å². The predicted octanol–water partition coefficient (Wildman–Crippen LogP) is 3.11. The lowest BCUT2D eigenvalue weighted by Gasteiger charge is -2.13. The van der Waals surface area contributed by atoms with E-state index in [0.29, 0.717) is 16.4 Å². The van der Waals surface area contributed by atoms with Gasteiger partial charge in [0.25, 0.3) is 5.91 Å². The number of nitrogens with zero attached hydrogens (tertiary/aromatic N) is 3. The summed E-state index contributed by atoms with van der Waals surface area (Å²) < 4.78 is 0. The molecule has 1 fully saturated rings. The normalized spacial score (nSPS) is 13.9. The zero-order valence-corrected chi connectivity index (χ0v) is 14.9. The first-order chi connectivity index (χ1) is 13.1. The Labute approximate surface area is 158 Å². The lowest BCUT2D eigenvalue weighted by atomic mass is 10.2. The van der Waals surface area contributed by atoms with Gasteiger partial charge in [-0.2, -0.15) is 0 Å². The number of rotatable bonds is 4. The van der Waals surface area contributed by atoms with Crippen LogP contribution in [0, 0.1) is 0 Å². The van der Waals surface area contributed by atoms with Crippen molar-refractivity contribution in [1.29, 1.82) is 0 Å². The van der Waals surface area contributed by atoms with Crippen LogP contribution in [0.2, 0.25) is 0 Å². The van der Waals surface area contributed by atoms with Crippen molar-refractivity contribution < 1.29 is 14.4 Å². The molecule has 0 spiro atoms. The number of pyridine rings is 1. The van der Waals surface area contributed by atoms with Gasteiger partial charge in [0.1, 0.15) is 0 Å². The summed E-state index contributed by atoms with van der Waals surface area (Å²) in [5.74, 6) is -0.747. The number of benzene rings is 1. The summed E-state index contributed by atoms with van der Waals surface area (Å²) in [5, 5.41) is 5.11. The second kappa shape index (κ2) is 7.08. The highest BCUT2D eigenvalue weighted by Crippen LogP contribution is 2.26. The van der Waals surface area contributed by atoms with E-state index in [2.05, 4.69) is 15.3 Å². The van der Waals surface area contributed by atoms with Gasteiger partial charge in [0.05, 0.1) is 11.4 Å². The van der Waals surface area contributed by atoms with Crippen molar-refractivity contribution >= 4 is 39.9 Å². The van der Waals surface area contributed by atoms with E-state index in [4.69, 9.17) is 0 Å². The van der Waals surface area contributed by atoms with Gasteiger partial charge in [0.2, 0.25) is 11.8 Å². The minimum Gasteiger partial charge on any atom is -0.298 e. The fourth-order valence-electron chi connectivity index (χ4n) is 2.78. The molecule has 0 saturated carbocycles. The monoisotopic (exact) mass is 378 g/mol. The molecule has 2 aromatic heterocycles. The average molecular weight is 378 g/mol. The highest BCUT2D eigenvalue weighted by Gasteiger charge is 2.30. The van der Waals surface area contributed by atoms with Crippen LogP contribution in [0.4, 0.5) is 10.8 Å². The van der Waals surface area contributed by atoms with Crippen LogP contribution in [-0.2, 0) is 9.59 Å². The number of hydrogen-bond donors (Lipinski definition) is 1. The highest BCUT2D eigenvalue weighted by molar-refractivity contribution is 7.14. The molecule has 0 aliphatic carbocycles. The van der Waals surface area contributed by atoms with Crippen molar-refractivity contribution in [2.45, 2.75) is 12.8 Å². The third-order valence-corrected chi connectivity index (χ3v) is 4.90. The van der Waals surface area contributed by atoms with E-state index >= 15 is 0 Å². The van der Waals surface area contributed by atoms with Crippen molar-refractivity contribution in [3.8, 4) is 11.3 Å². The molecule has 0 radical (unpaired) electrons. The zero-order chi connectivity index (χ0) is 18.8. The number of anilines is 2. The number of amides is 3. The van der Waals surface area contributed by atoms with Gasteiger partial charge in [0, 0.05) is 41.7 Å². The molecule has 7 nitrogen and oxygen atoms in total. The van der Waals surface area contributed by atoms with E-state index in [-0.39, 0.29) is 30.6 Å². The Morgan fingerprint density at radius 1 is 1.00 bits per heavy atom. The second-order valence-electron chi connectivity index (χ2n) is 5.90. The SMILES string of the molecule is O=C(Nc1nc(-c2ccncc2)cs1)c1ccc(N2C(=O)CCC2=O)cc1. The zero-order valence-electron chi connectivity index (χ0n) is 14.1. The number of carbonyl (C=O) groups is 3. The molecule has 3 heterocycles. The molecule has 134 valence electrons. The van der Waals surface area contributed by atoms with Gasteiger partial charge in [-0.3, -0.25) is 29.6 Å². The number of nitrogens with one attached hydrogen (secondary N) is 1. The van der Waals surface area contributed by atoms with E-state index in [0.717, 1.165) is 16.2 Å². The van der Waals surface area contributed by atoms with Crippen LogP contribution in [0.15, 0.2) is 54.2 Å². The Kier molecular flexibility index (Phi) is 4.47. The summed E-state index contributed by atoms with van der Waals surface area (Å²) in [6, 6.07) is 10.1. The van der Waals surface area contributed by atoms with E-state index in [1.807, 2.05) is 17.5 Å². The van der Waals surface area contributed by atoms with Gasteiger partial charge < -0.3 is 0 Å². The predicted molar refractivity (Wildman–Crippen MR) is 101 cm³/mol. The first-order valence-corrected chi connectivity index (χ1v) is 9.13. The quantitative estimate of drug-likeness (QED) is 0.704. The van der Waals surface area contributed by atoms with E-state index in [9.17, 15) is 14.4 Å². The smallest absolute Gasteiger partial charge is 0.257 e. The van der Waals surface area contributed by atoms with Crippen molar-refractivity contribution in [3.05, 3.63) is 59.7 Å². The molecule has 8 heteroatoms. The lowest BCUT2D eigenvalue weighted by Crippen LogP contribution is -2.28. The van der Waals surface area contributed by atoms with Gasteiger partial charge >= 0.3 is 0 Å². The van der Waals surface area contributed by atoms with Crippen LogP contribution in [0.25, 0.3) is 11.3 Å². The molecule has 1 saturated heterocycles. The molecular weight excluding hydrogens is 364 g/mol. The average Bonchev–Trinajstić information content (AvgIpc) is 3.29. The fourth-order valence-corrected chi connectivity index (χ4v) is 3.50. The van der Waals surface area contributed by atoms with Crippen LogP contribution in [-0.4, -0.2) is 27.7 Å². The maximum absolute atomic E-state index is 12.4. The van der Waals surface area contributed by atoms with Gasteiger partial charge in [-0.25, -0.2) is 4.98 Å². The molecule has 27 heavy (non-hydrogen) atoms. The Balaban J connectivity index is 1.47. The van der Waals surface area contributed by atoms with Crippen LogP contribution in [0.1, 0.15) is 23.2 Å². The lowest BCUT2D eigenvalue weighted by molar-refractivity contribution is -0.121. The third kappa shape index (κ3) is 3.47. The molecule has 0 atom stereocenters. The summed E-state index contributed by atoms with van der Waals surface area (Å²) >= 11 is 1.33. The van der Waals surface area contributed by atoms with Crippen LogP contribution in [0.5, 0.6) is 0 Å². The number of imide groups is 1. The summed E-state index contributed by atoms with van der Waals surface area (Å²) in [7, 11) is 0. The molecule has 3 amide bonds. The molecule has 1 aromatic carbocycles. The van der Waals surface area contributed by atoms with E-state index < -0.39 is 0 Å². The molecule has 1 N–H and O–H groups in total. The molecule has 1 aliphatic heterocycles. The summed E-state index contributed by atoms with van der Waals surface area (Å²) in [6.07, 6.45) is 3.82. The number of thiazole rings is 1. The maximum Gasteiger partial charge on any atom is 0.257 e. The van der Waals surface area contributed by atoms with Crippen molar-refractivity contribution in [2.75, 3.05) is 10.2 Å². The summed E-state index contributed by atoms with van der Waals surface area (Å²) in [5.41, 5.74) is 2.58. The summed E-state index contributed by atoms with van der Waals surface area (Å²) in [6.45, 7) is 0. The van der Waals surface area contributed by atoms with E-state index in [1.54, 1.807) is 36.7 Å². The molecule has 0 bridgehead atoms. The second-order valence-corrected chi connectivity index (χ2v) is 6.76. The van der Waals surface area contributed by atoms with Gasteiger partial charge in [-0.1, -0.05) is 0 Å². The Morgan fingerprint density at radius 3 is 2.33 bits per heavy atom. The standard InChI is InChI=1S/C19H14N4O3S/c24-16-5-6-17(25)23(16)14-3-1-13(2-4-14)18(26)22-19-21-15(11-27-19)12-7-9-20-10-8-12/h1-4,7-11H,5-6H2,(H,21,22,26). The molecule has 4 rings (SSSR count). The molecular formula is C19H14N4O3S. The minimum absolute atomic E-state index is 0.219. The first-order valence-electron chi connectivity index (χ1n) is 8.25.